The lowest BCUT2D eigenvalue weighted by Crippen LogP contribution is -2.39. The number of nitro groups is 1. The maximum atomic E-state index is 11.2. The molecule has 0 aliphatic carbocycles. The van der Waals surface area contributed by atoms with E-state index in [0.717, 1.165) is 19.6 Å². The Morgan fingerprint density at radius 3 is 2.74 bits per heavy atom. The van der Waals surface area contributed by atoms with Crippen molar-refractivity contribution in [3.63, 3.8) is 0 Å². The van der Waals surface area contributed by atoms with Crippen molar-refractivity contribution in [2.75, 3.05) is 50.0 Å². The van der Waals surface area contributed by atoms with Crippen molar-refractivity contribution in [1.82, 2.24) is 14.9 Å². The lowest BCUT2D eigenvalue weighted by atomic mass is 10.3. The quantitative estimate of drug-likeness (QED) is 0.527. The maximum Gasteiger partial charge on any atom is 0.329 e. The van der Waals surface area contributed by atoms with Crippen molar-refractivity contribution in [3.05, 3.63) is 44.6 Å². The fraction of sp³-hybridized carbons (Fsp3) is 0.375. The van der Waals surface area contributed by atoms with Gasteiger partial charge in [0.25, 0.3) is 0 Å². The minimum Gasteiger partial charge on any atom is -0.379 e. The van der Waals surface area contributed by atoms with Crippen LogP contribution in [0.25, 0.3) is 0 Å². The van der Waals surface area contributed by atoms with Gasteiger partial charge in [0, 0.05) is 31.9 Å². The second-order valence-electron chi connectivity index (χ2n) is 5.82. The molecule has 2 N–H and O–H groups in total. The SMILES string of the molecule is O=[N+]([O-])c1cnc(Nc2ccc(Cl)c(Cl)c2)nc1NCCN1CCOCC1. The summed E-state index contributed by atoms with van der Waals surface area (Å²) >= 11 is 11.9. The highest BCUT2D eigenvalue weighted by molar-refractivity contribution is 6.42. The molecule has 0 unspecified atom stereocenters. The average Bonchev–Trinajstić information content (AvgIpc) is 2.66. The van der Waals surface area contributed by atoms with E-state index < -0.39 is 4.92 Å². The van der Waals surface area contributed by atoms with Gasteiger partial charge in [0.2, 0.25) is 11.8 Å². The van der Waals surface area contributed by atoms with E-state index in [9.17, 15) is 10.1 Å². The number of nitrogens with one attached hydrogen (secondary N) is 2. The largest absolute Gasteiger partial charge is 0.379 e. The predicted molar refractivity (Wildman–Crippen MR) is 104 cm³/mol. The molecular weight excluding hydrogens is 395 g/mol. The summed E-state index contributed by atoms with van der Waals surface area (Å²) in [6.45, 7) is 4.34. The van der Waals surface area contributed by atoms with Crippen LogP contribution in [-0.4, -0.2) is 59.2 Å². The van der Waals surface area contributed by atoms with Crippen LogP contribution in [0.2, 0.25) is 10.0 Å². The van der Waals surface area contributed by atoms with Gasteiger partial charge in [0.15, 0.2) is 0 Å². The van der Waals surface area contributed by atoms with Crippen LogP contribution in [0.1, 0.15) is 0 Å². The molecule has 3 rings (SSSR count). The molecule has 2 heterocycles. The molecule has 1 fully saturated rings. The van der Waals surface area contributed by atoms with E-state index in [-0.39, 0.29) is 17.5 Å². The van der Waals surface area contributed by atoms with Gasteiger partial charge in [0.1, 0.15) is 6.20 Å². The van der Waals surface area contributed by atoms with Crippen LogP contribution in [0.3, 0.4) is 0 Å². The Kier molecular flexibility index (Phi) is 6.62. The van der Waals surface area contributed by atoms with E-state index in [1.165, 1.54) is 6.20 Å². The third-order valence-corrected chi connectivity index (χ3v) is 4.71. The first-order chi connectivity index (χ1) is 13.0. The number of aromatic nitrogens is 2. The number of halogens is 2. The van der Waals surface area contributed by atoms with Crippen molar-refractivity contribution in [2.24, 2.45) is 0 Å². The number of benzene rings is 1. The second-order valence-corrected chi connectivity index (χ2v) is 6.63. The molecule has 0 spiro atoms. The molecule has 1 aliphatic heterocycles. The van der Waals surface area contributed by atoms with Crippen molar-refractivity contribution in [3.8, 4) is 0 Å². The number of nitrogens with zero attached hydrogens (tertiary/aromatic N) is 4. The fourth-order valence-corrected chi connectivity index (χ4v) is 2.86. The van der Waals surface area contributed by atoms with Crippen molar-refractivity contribution >= 4 is 46.3 Å². The van der Waals surface area contributed by atoms with Crippen LogP contribution >= 0.6 is 23.2 Å². The molecule has 144 valence electrons. The van der Waals surface area contributed by atoms with Gasteiger partial charge < -0.3 is 15.4 Å². The Hall–Kier alpha value is -2.20. The Labute approximate surface area is 165 Å². The van der Waals surface area contributed by atoms with Crippen LogP contribution in [-0.2, 0) is 4.74 Å². The minimum atomic E-state index is -0.514. The molecule has 1 aromatic heterocycles. The van der Waals surface area contributed by atoms with E-state index >= 15 is 0 Å². The molecule has 1 aliphatic rings. The summed E-state index contributed by atoms with van der Waals surface area (Å²) in [7, 11) is 0. The van der Waals surface area contributed by atoms with Gasteiger partial charge in [-0.05, 0) is 18.2 Å². The molecule has 2 aromatic rings. The molecule has 0 bridgehead atoms. The molecule has 1 saturated heterocycles. The summed E-state index contributed by atoms with van der Waals surface area (Å²) < 4.78 is 5.31. The number of hydrogen-bond donors (Lipinski definition) is 2. The van der Waals surface area contributed by atoms with E-state index in [1.54, 1.807) is 18.2 Å². The van der Waals surface area contributed by atoms with Crippen LogP contribution < -0.4 is 10.6 Å². The van der Waals surface area contributed by atoms with Gasteiger partial charge in [-0.3, -0.25) is 15.0 Å². The number of anilines is 3. The predicted octanol–water partition coefficient (Wildman–Crippen LogP) is 3.18. The monoisotopic (exact) mass is 412 g/mol. The zero-order valence-electron chi connectivity index (χ0n) is 14.3. The molecule has 0 amide bonds. The molecule has 27 heavy (non-hydrogen) atoms. The Balaban J connectivity index is 1.69. The zero-order chi connectivity index (χ0) is 19.2. The number of rotatable bonds is 7. The van der Waals surface area contributed by atoms with Crippen molar-refractivity contribution in [1.29, 1.82) is 0 Å². The number of hydrogen-bond acceptors (Lipinski definition) is 8. The number of morpholine rings is 1. The minimum absolute atomic E-state index is 0.158. The van der Waals surface area contributed by atoms with Gasteiger partial charge in [-0.1, -0.05) is 23.2 Å². The number of ether oxygens (including phenoxy) is 1. The standard InChI is InChI=1S/C16H18Cl2N6O3/c17-12-2-1-11(9-13(12)18)21-16-20-10-14(24(25)26)15(22-16)19-3-4-23-5-7-27-8-6-23/h1-2,9-10H,3-8H2,(H2,19,20,21,22). The van der Waals surface area contributed by atoms with Gasteiger partial charge in [-0.15, -0.1) is 0 Å². The highest BCUT2D eigenvalue weighted by atomic mass is 35.5. The maximum absolute atomic E-state index is 11.2. The van der Waals surface area contributed by atoms with Gasteiger partial charge in [-0.2, -0.15) is 4.98 Å². The van der Waals surface area contributed by atoms with Gasteiger partial charge in [0.05, 0.1) is 28.2 Å². The molecular formula is C16H18Cl2N6O3. The Bertz CT molecular complexity index is 817. The smallest absolute Gasteiger partial charge is 0.329 e. The van der Waals surface area contributed by atoms with Crippen LogP contribution in [0.15, 0.2) is 24.4 Å². The fourth-order valence-electron chi connectivity index (χ4n) is 2.56. The highest BCUT2D eigenvalue weighted by Crippen LogP contribution is 2.27. The topological polar surface area (TPSA) is 105 Å². The van der Waals surface area contributed by atoms with E-state index in [0.29, 0.717) is 35.5 Å². The van der Waals surface area contributed by atoms with E-state index in [1.807, 2.05) is 0 Å². The summed E-state index contributed by atoms with van der Waals surface area (Å²) in [5.74, 6) is 0.374. The normalized spacial score (nSPS) is 14.7. The van der Waals surface area contributed by atoms with E-state index in [4.69, 9.17) is 27.9 Å². The lowest BCUT2D eigenvalue weighted by Gasteiger charge is -2.26. The summed E-state index contributed by atoms with van der Waals surface area (Å²) in [4.78, 5) is 21.2. The second kappa shape index (κ2) is 9.14. The summed E-state index contributed by atoms with van der Waals surface area (Å²) in [5.41, 5.74) is 0.439. The Morgan fingerprint density at radius 1 is 1.26 bits per heavy atom. The van der Waals surface area contributed by atoms with Crippen molar-refractivity contribution in [2.45, 2.75) is 0 Å². The molecule has 11 heteroatoms. The first-order valence-corrected chi connectivity index (χ1v) is 9.06. The third kappa shape index (κ3) is 5.39. The van der Waals surface area contributed by atoms with Gasteiger partial charge >= 0.3 is 5.69 Å². The average molecular weight is 413 g/mol. The molecule has 0 saturated carbocycles. The van der Waals surface area contributed by atoms with Crippen LogP contribution in [0, 0.1) is 10.1 Å². The molecule has 1 aromatic carbocycles. The summed E-state index contributed by atoms with van der Waals surface area (Å²) in [5, 5.41) is 18.0. The van der Waals surface area contributed by atoms with Crippen LogP contribution in [0.5, 0.6) is 0 Å². The first-order valence-electron chi connectivity index (χ1n) is 8.30. The zero-order valence-corrected chi connectivity index (χ0v) is 15.8. The molecule has 0 radical (unpaired) electrons. The van der Waals surface area contributed by atoms with Gasteiger partial charge in [-0.25, -0.2) is 4.98 Å². The summed E-state index contributed by atoms with van der Waals surface area (Å²) in [6.07, 6.45) is 1.17. The van der Waals surface area contributed by atoms with Crippen LogP contribution in [0.4, 0.5) is 23.1 Å². The summed E-state index contributed by atoms with van der Waals surface area (Å²) in [6, 6.07) is 4.98. The van der Waals surface area contributed by atoms with Crippen molar-refractivity contribution < 1.29 is 9.66 Å². The third-order valence-electron chi connectivity index (χ3n) is 3.97. The van der Waals surface area contributed by atoms with E-state index in [2.05, 4.69) is 25.5 Å². The molecule has 9 nitrogen and oxygen atoms in total. The highest BCUT2D eigenvalue weighted by Gasteiger charge is 2.18. The first kappa shape index (κ1) is 19.6. The lowest BCUT2D eigenvalue weighted by molar-refractivity contribution is -0.384. The molecule has 0 atom stereocenters. The Morgan fingerprint density at radius 2 is 2.04 bits per heavy atom.